The number of sulfonamides is 1. The van der Waals surface area contributed by atoms with E-state index in [1.54, 1.807) is 0 Å². The van der Waals surface area contributed by atoms with Crippen molar-refractivity contribution in [2.45, 2.75) is 18.7 Å². The number of hydrogen-bond acceptors (Lipinski definition) is 5. The molecule has 0 saturated heterocycles. The summed E-state index contributed by atoms with van der Waals surface area (Å²) in [5, 5.41) is 15.9. The van der Waals surface area contributed by atoms with Crippen LogP contribution in [0.2, 0.25) is 0 Å². The normalized spacial score (nSPS) is 11.9. The van der Waals surface area contributed by atoms with E-state index in [9.17, 15) is 18.5 Å². The molecule has 0 saturated carbocycles. The fourth-order valence-corrected chi connectivity index (χ4v) is 2.22. The Kier molecular flexibility index (Phi) is 3.60. The van der Waals surface area contributed by atoms with Gasteiger partial charge in [0.05, 0.1) is 6.20 Å². The van der Waals surface area contributed by atoms with Gasteiger partial charge >= 0.3 is 5.82 Å². The van der Waals surface area contributed by atoms with Gasteiger partial charge in [-0.3, -0.25) is 0 Å². The molecule has 0 amide bonds. The van der Waals surface area contributed by atoms with Crippen LogP contribution in [-0.4, -0.2) is 30.1 Å². The van der Waals surface area contributed by atoms with Gasteiger partial charge in [0.25, 0.3) is 10.0 Å². The van der Waals surface area contributed by atoms with Crippen LogP contribution in [0, 0.1) is 16.0 Å². The molecule has 0 fully saturated rings. The van der Waals surface area contributed by atoms with Gasteiger partial charge < -0.3 is 10.1 Å². The Hall–Kier alpha value is -1.48. The van der Waals surface area contributed by atoms with E-state index < -0.39 is 25.7 Å². The molecule has 90 valence electrons. The predicted octanol–water partition coefficient (Wildman–Crippen LogP) is 0.252. The van der Waals surface area contributed by atoms with Crippen LogP contribution in [0.25, 0.3) is 0 Å². The van der Waals surface area contributed by atoms with E-state index in [0.717, 1.165) is 6.20 Å². The van der Waals surface area contributed by atoms with E-state index in [2.05, 4.69) is 9.82 Å². The molecular formula is C7H12N4O4S. The third-order valence-corrected chi connectivity index (χ3v) is 3.16. The summed E-state index contributed by atoms with van der Waals surface area (Å²) in [7, 11) is -3.87. The second-order valence-corrected chi connectivity index (χ2v) is 5.32. The first-order chi connectivity index (χ1) is 7.34. The maximum Gasteiger partial charge on any atom is 0.362 e. The molecule has 0 bridgehead atoms. The van der Waals surface area contributed by atoms with E-state index >= 15 is 0 Å². The SMILES string of the molecule is CC(C)CNS(=O)(=O)c1cn[nH]c1[N+](=O)[O-]. The molecule has 0 radical (unpaired) electrons. The van der Waals surface area contributed by atoms with Gasteiger partial charge in [-0.1, -0.05) is 18.9 Å². The lowest BCUT2D eigenvalue weighted by Gasteiger charge is -2.06. The Morgan fingerprint density at radius 1 is 1.62 bits per heavy atom. The van der Waals surface area contributed by atoms with Crippen molar-refractivity contribution in [3.63, 3.8) is 0 Å². The average Bonchev–Trinajstić information content (AvgIpc) is 2.63. The van der Waals surface area contributed by atoms with E-state index in [0.29, 0.717) is 0 Å². The molecule has 0 unspecified atom stereocenters. The lowest BCUT2D eigenvalue weighted by Crippen LogP contribution is -2.27. The lowest BCUT2D eigenvalue weighted by molar-refractivity contribution is -0.392. The number of aromatic amines is 1. The molecule has 8 nitrogen and oxygen atoms in total. The van der Waals surface area contributed by atoms with Gasteiger partial charge in [0, 0.05) is 6.54 Å². The minimum absolute atomic E-state index is 0.112. The van der Waals surface area contributed by atoms with Gasteiger partial charge in [-0.05, 0) is 10.8 Å². The van der Waals surface area contributed by atoms with Crippen molar-refractivity contribution in [1.29, 1.82) is 0 Å². The van der Waals surface area contributed by atoms with Crippen LogP contribution >= 0.6 is 0 Å². The number of nitrogens with zero attached hydrogens (tertiary/aromatic N) is 2. The molecule has 0 aliphatic heterocycles. The number of H-pyrrole nitrogens is 1. The Morgan fingerprint density at radius 2 is 2.25 bits per heavy atom. The zero-order valence-electron chi connectivity index (χ0n) is 8.80. The quantitative estimate of drug-likeness (QED) is 0.572. The van der Waals surface area contributed by atoms with E-state index in [1.165, 1.54) is 0 Å². The second kappa shape index (κ2) is 4.58. The Balaban J connectivity index is 2.99. The first-order valence-corrected chi connectivity index (χ1v) is 6.00. The minimum Gasteiger partial charge on any atom is -0.358 e. The topological polar surface area (TPSA) is 118 Å². The molecule has 1 rings (SSSR count). The highest BCUT2D eigenvalue weighted by Gasteiger charge is 2.27. The molecule has 1 aromatic rings. The number of nitro groups is 1. The number of aromatic nitrogens is 2. The molecule has 9 heteroatoms. The molecule has 0 aliphatic carbocycles. The number of hydrogen-bond donors (Lipinski definition) is 2. The molecule has 16 heavy (non-hydrogen) atoms. The van der Waals surface area contributed by atoms with Crippen LogP contribution in [-0.2, 0) is 10.0 Å². The third kappa shape index (κ3) is 2.76. The van der Waals surface area contributed by atoms with Gasteiger partial charge in [0.1, 0.15) is 0 Å². The van der Waals surface area contributed by atoms with Crippen LogP contribution in [0.5, 0.6) is 0 Å². The molecule has 0 atom stereocenters. The Labute approximate surface area is 92.3 Å². The van der Waals surface area contributed by atoms with Crippen molar-refractivity contribution < 1.29 is 13.3 Å². The van der Waals surface area contributed by atoms with Crippen molar-refractivity contribution in [2.24, 2.45) is 5.92 Å². The smallest absolute Gasteiger partial charge is 0.358 e. The lowest BCUT2D eigenvalue weighted by atomic mass is 10.2. The molecule has 0 aliphatic rings. The predicted molar refractivity (Wildman–Crippen MR) is 55.3 cm³/mol. The second-order valence-electron chi connectivity index (χ2n) is 3.59. The van der Waals surface area contributed by atoms with Crippen LogP contribution in [0.4, 0.5) is 5.82 Å². The minimum atomic E-state index is -3.87. The van der Waals surface area contributed by atoms with Crippen LogP contribution in [0.15, 0.2) is 11.1 Å². The summed E-state index contributed by atoms with van der Waals surface area (Å²) in [4.78, 5) is 9.24. The van der Waals surface area contributed by atoms with Crippen LogP contribution < -0.4 is 4.72 Å². The molecule has 1 heterocycles. The van der Waals surface area contributed by atoms with Crippen LogP contribution in [0.3, 0.4) is 0 Å². The van der Waals surface area contributed by atoms with Crippen LogP contribution in [0.1, 0.15) is 13.8 Å². The summed E-state index contributed by atoms with van der Waals surface area (Å²) >= 11 is 0. The van der Waals surface area contributed by atoms with Gasteiger partial charge in [-0.15, -0.1) is 5.10 Å². The first-order valence-electron chi connectivity index (χ1n) is 4.52. The fraction of sp³-hybridized carbons (Fsp3) is 0.571. The van der Waals surface area contributed by atoms with E-state index in [1.807, 2.05) is 18.9 Å². The van der Waals surface area contributed by atoms with Crippen molar-refractivity contribution in [3.05, 3.63) is 16.3 Å². The van der Waals surface area contributed by atoms with Crippen molar-refractivity contribution in [1.82, 2.24) is 14.9 Å². The summed E-state index contributed by atoms with van der Waals surface area (Å²) in [6.45, 7) is 3.86. The largest absolute Gasteiger partial charge is 0.362 e. The zero-order chi connectivity index (χ0) is 12.3. The third-order valence-electron chi connectivity index (χ3n) is 1.74. The van der Waals surface area contributed by atoms with Gasteiger partial charge in [0.15, 0.2) is 4.90 Å². The average molecular weight is 248 g/mol. The summed E-state index contributed by atoms with van der Waals surface area (Å²) in [5.74, 6) is -0.517. The van der Waals surface area contributed by atoms with Crippen molar-refractivity contribution >= 4 is 15.8 Å². The monoisotopic (exact) mass is 248 g/mol. The number of rotatable bonds is 5. The van der Waals surface area contributed by atoms with Crippen molar-refractivity contribution in [3.8, 4) is 0 Å². The first kappa shape index (κ1) is 12.6. The summed E-state index contributed by atoms with van der Waals surface area (Å²) in [6, 6.07) is 0. The maximum absolute atomic E-state index is 11.6. The molecular weight excluding hydrogens is 236 g/mol. The highest BCUT2D eigenvalue weighted by molar-refractivity contribution is 7.89. The van der Waals surface area contributed by atoms with E-state index in [-0.39, 0.29) is 12.5 Å². The highest BCUT2D eigenvalue weighted by atomic mass is 32.2. The molecule has 0 aromatic carbocycles. The van der Waals surface area contributed by atoms with Crippen molar-refractivity contribution in [2.75, 3.05) is 6.54 Å². The standard InChI is InChI=1S/C7H12N4O4S/c1-5(2)3-9-16(14,15)6-4-8-10-7(6)11(12)13/h4-5,9H,3H2,1-2H3,(H,8,10). The summed E-state index contributed by atoms with van der Waals surface area (Å²) in [6.07, 6.45) is 0.917. The fourth-order valence-electron chi connectivity index (χ4n) is 0.950. The Morgan fingerprint density at radius 3 is 2.75 bits per heavy atom. The maximum atomic E-state index is 11.6. The number of nitrogens with one attached hydrogen (secondary N) is 2. The Bertz CT molecular complexity index is 478. The zero-order valence-corrected chi connectivity index (χ0v) is 9.61. The van der Waals surface area contributed by atoms with E-state index in [4.69, 9.17) is 0 Å². The summed E-state index contributed by atoms with van der Waals surface area (Å²) in [5.41, 5.74) is 0. The van der Waals surface area contributed by atoms with Gasteiger partial charge in [-0.25, -0.2) is 13.1 Å². The van der Waals surface area contributed by atoms with Gasteiger partial charge in [0.2, 0.25) is 0 Å². The highest BCUT2D eigenvalue weighted by Crippen LogP contribution is 2.19. The summed E-state index contributed by atoms with van der Waals surface area (Å²) < 4.78 is 25.6. The molecule has 2 N–H and O–H groups in total. The van der Waals surface area contributed by atoms with Gasteiger partial charge in [-0.2, -0.15) is 0 Å². The molecule has 1 aromatic heterocycles. The molecule has 0 spiro atoms.